The standard InChI is InChI=1S/C13H18N4O/c1-9(2)14-5-6-15-13(18)10-3-4-11-12(7-10)17-8-16-11/h3-4,7-9,14H,5-6H2,1-2H3,(H,15,18)(H,16,17). The summed E-state index contributed by atoms with van der Waals surface area (Å²) in [5, 5.41) is 6.12. The van der Waals surface area contributed by atoms with Crippen LogP contribution in [0.15, 0.2) is 24.5 Å². The summed E-state index contributed by atoms with van der Waals surface area (Å²) in [7, 11) is 0. The van der Waals surface area contributed by atoms with Gasteiger partial charge < -0.3 is 15.6 Å². The molecular weight excluding hydrogens is 228 g/mol. The zero-order chi connectivity index (χ0) is 13.0. The topological polar surface area (TPSA) is 69.8 Å². The number of aromatic nitrogens is 2. The van der Waals surface area contributed by atoms with E-state index in [0.29, 0.717) is 18.2 Å². The molecule has 0 saturated heterocycles. The predicted octanol–water partition coefficient (Wildman–Crippen LogP) is 1.29. The minimum Gasteiger partial charge on any atom is -0.351 e. The molecule has 0 atom stereocenters. The van der Waals surface area contributed by atoms with Gasteiger partial charge in [-0.3, -0.25) is 4.79 Å². The summed E-state index contributed by atoms with van der Waals surface area (Å²) in [6.07, 6.45) is 1.62. The van der Waals surface area contributed by atoms with Crippen LogP contribution in [0.2, 0.25) is 0 Å². The summed E-state index contributed by atoms with van der Waals surface area (Å²) in [6.45, 7) is 5.55. The van der Waals surface area contributed by atoms with Gasteiger partial charge in [-0.25, -0.2) is 4.98 Å². The molecule has 1 aromatic heterocycles. The molecule has 0 unspecified atom stereocenters. The third-order valence-corrected chi connectivity index (χ3v) is 2.65. The number of nitrogens with zero attached hydrogens (tertiary/aromatic N) is 1. The Morgan fingerprint density at radius 3 is 3.00 bits per heavy atom. The molecule has 1 heterocycles. The van der Waals surface area contributed by atoms with Gasteiger partial charge in [0.1, 0.15) is 0 Å². The first-order chi connectivity index (χ1) is 8.66. The quantitative estimate of drug-likeness (QED) is 0.696. The predicted molar refractivity (Wildman–Crippen MR) is 71.6 cm³/mol. The van der Waals surface area contributed by atoms with Crippen LogP contribution < -0.4 is 10.6 Å². The van der Waals surface area contributed by atoms with Gasteiger partial charge in [-0.15, -0.1) is 0 Å². The molecule has 1 amide bonds. The van der Waals surface area contributed by atoms with Crippen molar-refractivity contribution in [1.82, 2.24) is 20.6 Å². The van der Waals surface area contributed by atoms with E-state index in [9.17, 15) is 4.79 Å². The second-order valence-corrected chi connectivity index (χ2v) is 4.50. The molecule has 1 aromatic carbocycles. The fourth-order valence-electron chi connectivity index (χ4n) is 1.72. The molecule has 0 spiro atoms. The average Bonchev–Trinajstić information content (AvgIpc) is 2.81. The Kier molecular flexibility index (Phi) is 3.94. The molecule has 96 valence electrons. The maximum absolute atomic E-state index is 11.9. The highest BCUT2D eigenvalue weighted by molar-refractivity contribution is 5.97. The molecule has 0 aliphatic rings. The number of nitrogens with one attached hydrogen (secondary N) is 3. The normalized spacial score (nSPS) is 11.1. The zero-order valence-corrected chi connectivity index (χ0v) is 10.7. The number of carbonyl (C=O) groups excluding carboxylic acids is 1. The van der Waals surface area contributed by atoms with Crippen LogP contribution in [0.1, 0.15) is 24.2 Å². The Hall–Kier alpha value is -1.88. The van der Waals surface area contributed by atoms with Crippen LogP contribution >= 0.6 is 0 Å². The Bertz CT molecular complexity index is 533. The van der Waals surface area contributed by atoms with Crippen molar-refractivity contribution in [1.29, 1.82) is 0 Å². The molecule has 0 radical (unpaired) electrons. The lowest BCUT2D eigenvalue weighted by molar-refractivity contribution is 0.0954. The number of aromatic amines is 1. The van der Waals surface area contributed by atoms with Gasteiger partial charge in [0.15, 0.2) is 0 Å². The number of rotatable bonds is 5. The first kappa shape index (κ1) is 12.6. The van der Waals surface area contributed by atoms with E-state index in [0.717, 1.165) is 17.6 Å². The summed E-state index contributed by atoms with van der Waals surface area (Å²) in [5.41, 5.74) is 2.40. The summed E-state index contributed by atoms with van der Waals surface area (Å²) < 4.78 is 0. The summed E-state index contributed by atoms with van der Waals surface area (Å²) >= 11 is 0. The van der Waals surface area contributed by atoms with Crippen LogP contribution in [-0.2, 0) is 0 Å². The van der Waals surface area contributed by atoms with Crippen molar-refractivity contribution >= 4 is 16.9 Å². The third kappa shape index (κ3) is 3.07. The summed E-state index contributed by atoms with van der Waals surface area (Å²) in [5.74, 6) is -0.0583. The Morgan fingerprint density at radius 2 is 2.22 bits per heavy atom. The number of hydrogen-bond acceptors (Lipinski definition) is 3. The van der Waals surface area contributed by atoms with Gasteiger partial charge in [0.05, 0.1) is 17.4 Å². The van der Waals surface area contributed by atoms with Crippen LogP contribution in [-0.4, -0.2) is 35.0 Å². The van der Waals surface area contributed by atoms with Gasteiger partial charge in [-0.05, 0) is 18.2 Å². The molecule has 0 bridgehead atoms. The van der Waals surface area contributed by atoms with Gasteiger partial charge in [0, 0.05) is 24.7 Å². The smallest absolute Gasteiger partial charge is 0.251 e. The third-order valence-electron chi connectivity index (χ3n) is 2.65. The number of hydrogen-bond donors (Lipinski definition) is 3. The van der Waals surface area contributed by atoms with E-state index >= 15 is 0 Å². The van der Waals surface area contributed by atoms with Gasteiger partial charge in [-0.1, -0.05) is 13.8 Å². The van der Waals surface area contributed by atoms with Crippen LogP contribution in [0.5, 0.6) is 0 Å². The van der Waals surface area contributed by atoms with E-state index in [1.807, 2.05) is 12.1 Å². The zero-order valence-electron chi connectivity index (χ0n) is 10.7. The molecule has 0 fully saturated rings. The van der Waals surface area contributed by atoms with E-state index in [4.69, 9.17) is 0 Å². The molecule has 0 aliphatic carbocycles. The Labute approximate surface area is 106 Å². The van der Waals surface area contributed by atoms with Crippen LogP contribution in [0.3, 0.4) is 0 Å². The van der Waals surface area contributed by atoms with Crippen molar-refractivity contribution in [2.75, 3.05) is 13.1 Å². The average molecular weight is 246 g/mol. The lowest BCUT2D eigenvalue weighted by Gasteiger charge is -2.09. The van der Waals surface area contributed by atoms with Crippen LogP contribution in [0.4, 0.5) is 0 Å². The second-order valence-electron chi connectivity index (χ2n) is 4.50. The molecule has 18 heavy (non-hydrogen) atoms. The number of H-pyrrole nitrogens is 1. The first-order valence-electron chi connectivity index (χ1n) is 6.11. The van der Waals surface area contributed by atoms with E-state index in [-0.39, 0.29) is 5.91 Å². The highest BCUT2D eigenvalue weighted by Crippen LogP contribution is 2.11. The van der Waals surface area contributed by atoms with Gasteiger partial charge in [-0.2, -0.15) is 0 Å². The molecule has 0 saturated carbocycles. The highest BCUT2D eigenvalue weighted by Gasteiger charge is 2.06. The molecule has 5 nitrogen and oxygen atoms in total. The van der Waals surface area contributed by atoms with Gasteiger partial charge in [0.25, 0.3) is 5.91 Å². The monoisotopic (exact) mass is 246 g/mol. The number of carbonyl (C=O) groups is 1. The van der Waals surface area contributed by atoms with Crippen molar-refractivity contribution in [2.45, 2.75) is 19.9 Å². The maximum atomic E-state index is 11.9. The Morgan fingerprint density at radius 1 is 1.39 bits per heavy atom. The Balaban J connectivity index is 1.92. The van der Waals surface area contributed by atoms with Gasteiger partial charge in [0.2, 0.25) is 0 Å². The number of fused-ring (bicyclic) bond motifs is 1. The molecule has 3 N–H and O–H groups in total. The minimum atomic E-state index is -0.0583. The SMILES string of the molecule is CC(C)NCCNC(=O)c1ccc2nc[nH]c2c1. The van der Waals surface area contributed by atoms with Gasteiger partial charge >= 0.3 is 0 Å². The van der Waals surface area contributed by atoms with E-state index in [2.05, 4.69) is 34.4 Å². The molecule has 2 rings (SSSR count). The lowest BCUT2D eigenvalue weighted by atomic mass is 10.2. The van der Waals surface area contributed by atoms with Crippen molar-refractivity contribution < 1.29 is 4.79 Å². The fraction of sp³-hybridized carbons (Fsp3) is 0.385. The van der Waals surface area contributed by atoms with Crippen molar-refractivity contribution in [3.63, 3.8) is 0 Å². The first-order valence-corrected chi connectivity index (χ1v) is 6.11. The molecule has 2 aromatic rings. The highest BCUT2D eigenvalue weighted by atomic mass is 16.1. The van der Waals surface area contributed by atoms with Crippen LogP contribution in [0.25, 0.3) is 11.0 Å². The van der Waals surface area contributed by atoms with E-state index < -0.39 is 0 Å². The van der Waals surface area contributed by atoms with Crippen LogP contribution in [0, 0.1) is 0 Å². The second kappa shape index (κ2) is 5.64. The number of imidazole rings is 1. The number of amides is 1. The van der Waals surface area contributed by atoms with E-state index in [1.165, 1.54) is 0 Å². The largest absolute Gasteiger partial charge is 0.351 e. The molecule has 5 heteroatoms. The van der Waals surface area contributed by atoms with Crippen molar-refractivity contribution in [3.05, 3.63) is 30.1 Å². The van der Waals surface area contributed by atoms with E-state index in [1.54, 1.807) is 12.4 Å². The fourth-order valence-corrected chi connectivity index (χ4v) is 1.72. The van der Waals surface area contributed by atoms with Crippen molar-refractivity contribution in [3.8, 4) is 0 Å². The maximum Gasteiger partial charge on any atom is 0.251 e. The van der Waals surface area contributed by atoms with Crippen molar-refractivity contribution in [2.24, 2.45) is 0 Å². The summed E-state index contributed by atoms with van der Waals surface area (Å²) in [6, 6.07) is 5.87. The number of benzene rings is 1. The summed E-state index contributed by atoms with van der Waals surface area (Å²) in [4.78, 5) is 19.0. The molecular formula is C13H18N4O. The minimum absolute atomic E-state index is 0.0583. The molecule has 0 aliphatic heterocycles. The lowest BCUT2D eigenvalue weighted by Crippen LogP contribution is -2.34.